The Morgan fingerprint density at radius 2 is 2.17 bits per heavy atom. The van der Waals surface area contributed by atoms with E-state index in [9.17, 15) is 4.79 Å². The van der Waals surface area contributed by atoms with Crippen molar-refractivity contribution in [3.8, 4) is 0 Å². The molecule has 0 aliphatic rings. The van der Waals surface area contributed by atoms with Gasteiger partial charge in [-0.3, -0.25) is 4.99 Å². The van der Waals surface area contributed by atoms with Crippen LogP contribution in [-0.2, 0) is 4.79 Å². The van der Waals surface area contributed by atoms with E-state index in [1.807, 2.05) is 18.2 Å². The van der Waals surface area contributed by atoms with Crippen LogP contribution in [0.25, 0.3) is 6.08 Å². The number of carboxylic acids is 1. The number of furan rings is 1. The lowest BCUT2D eigenvalue weighted by molar-refractivity contribution is -0.131. The first-order chi connectivity index (χ1) is 8.74. The van der Waals surface area contributed by atoms with E-state index in [2.05, 4.69) is 4.99 Å². The van der Waals surface area contributed by atoms with Gasteiger partial charge in [0.25, 0.3) is 0 Å². The van der Waals surface area contributed by atoms with Gasteiger partial charge in [-0.1, -0.05) is 12.1 Å². The highest BCUT2D eigenvalue weighted by molar-refractivity contribution is 5.85. The number of carbonyl (C=O) groups is 1. The molecule has 0 amide bonds. The van der Waals surface area contributed by atoms with Crippen molar-refractivity contribution >= 4 is 23.9 Å². The van der Waals surface area contributed by atoms with Crippen molar-refractivity contribution in [2.75, 3.05) is 0 Å². The summed E-state index contributed by atoms with van der Waals surface area (Å²) in [7, 11) is 0. The third kappa shape index (κ3) is 3.45. The van der Waals surface area contributed by atoms with Gasteiger partial charge in [-0.25, -0.2) is 4.79 Å². The lowest BCUT2D eigenvalue weighted by atomic mass is 10.2. The molecular weight excluding hydrogens is 230 g/mol. The molecule has 0 atom stereocenters. The topological polar surface area (TPSA) is 62.8 Å². The summed E-state index contributed by atoms with van der Waals surface area (Å²) >= 11 is 0. The third-order valence-electron chi connectivity index (χ3n) is 2.17. The van der Waals surface area contributed by atoms with Crippen LogP contribution in [0.3, 0.4) is 0 Å². The lowest BCUT2D eigenvalue weighted by Crippen LogP contribution is -1.85. The van der Waals surface area contributed by atoms with Gasteiger partial charge in [0.2, 0.25) is 0 Å². The van der Waals surface area contributed by atoms with Gasteiger partial charge >= 0.3 is 5.97 Å². The van der Waals surface area contributed by atoms with Gasteiger partial charge in [-0.05, 0) is 35.9 Å². The molecule has 1 heterocycles. The maximum Gasteiger partial charge on any atom is 0.328 e. The van der Waals surface area contributed by atoms with Crippen molar-refractivity contribution in [1.82, 2.24) is 0 Å². The highest BCUT2D eigenvalue weighted by Gasteiger charge is 1.93. The number of carboxylic acid groups (broad SMARTS) is 1. The molecule has 4 nitrogen and oxygen atoms in total. The molecular formula is C14H11NO3. The zero-order chi connectivity index (χ0) is 12.8. The van der Waals surface area contributed by atoms with Gasteiger partial charge in [0.05, 0.1) is 18.2 Å². The van der Waals surface area contributed by atoms with E-state index in [0.29, 0.717) is 5.76 Å². The first-order valence-corrected chi connectivity index (χ1v) is 5.33. The average molecular weight is 241 g/mol. The Kier molecular flexibility index (Phi) is 3.71. The monoisotopic (exact) mass is 241 g/mol. The largest absolute Gasteiger partial charge is 0.478 e. The summed E-state index contributed by atoms with van der Waals surface area (Å²) in [4.78, 5) is 14.6. The predicted octanol–water partition coefficient (Wildman–Crippen LogP) is 3.13. The number of rotatable bonds is 4. The van der Waals surface area contributed by atoms with Crippen LogP contribution in [0.4, 0.5) is 5.69 Å². The first kappa shape index (κ1) is 11.9. The minimum Gasteiger partial charge on any atom is -0.478 e. The van der Waals surface area contributed by atoms with Gasteiger partial charge in [0.15, 0.2) is 0 Å². The van der Waals surface area contributed by atoms with Crippen LogP contribution in [0, 0.1) is 0 Å². The molecule has 0 spiro atoms. The summed E-state index contributed by atoms with van der Waals surface area (Å²) in [5, 5.41) is 8.54. The Hall–Kier alpha value is -2.62. The zero-order valence-electron chi connectivity index (χ0n) is 9.48. The minimum absolute atomic E-state index is 0.668. The second kappa shape index (κ2) is 5.63. The van der Waals surface area contributed by atoms with E-state index < -0.39 is 5.97 Å². The Bertz CT molecular complexity index is 583. The first-order valence-electron chi connectivity index (χ1n) is 5.33. The standard InChI is InChI=1S/C14H11NO3/c16-14(17)7-6-11-3-1-4-12(9-11)15-10-13-5-2-8-18-13/h1-10H,(H,16,17)/b7-6+,15-10?. The average Bonchev–Trinajstić information content (AvgIpc) is 2.87. The van der Waals surface area contributed by atoms with Crippen LogP contribution in [0.2, 0.25) is 0 Å². The van der Waals surface area contributed by atoms with E-state index in [1.54, 1.807) is 30.7 Å². The third-order valence-corrected chi connectivity index (χ3v) is 2.17. The fourth-order valence-corrected chi connectivity index (χ4v) is 1.38. The smallest absolute Gasteiger partial charge is 0.328 e. The van der Waals surface area contributed by atoms with Crippen LogP contribution < -0.4 is 0 Å². The molecule has 0 radical (unpaired) electrons. The van der Waals surface area contributed by atoms with Crippen molar-refractivity contribution in [3.05, 3.63) is 60.1 Å². The highest BCUT2D eigenvalue weighted by Crippen LogP contribution is 2.15. The van der Waals surface area contributed by atoms with E-state index in [4.69, 9.17) is 9.52 Å². The highest BCUT2D eigenvalue weighted by atomic mass is 16.4. The van der Waals surface area contributed by atoms with Crippen LogP contribution in [0.15, 0.2) is 58.1 Å². The fourth-order valence-electron chi connectivity index (χ4n) is 1.38. The molecule has 0 saturated heterocycles. The molecule has 2 rings (SSSR count). The Morgan fingerprint density at radius 3 is 2.89 bits per heavy atom. The molecule has 2 aromatic rings. The van der Waals surface area contributed by atoms with Crippen molar-refractivity contribution in [2.45, 2.75) is 0 Å². The number of aliphatic imine (C=N–C) groups is 1. The molecule has 0 saturated carbocycles. The van der Waals surface area contributed by atoms with Crippen LogP contribution in [0.5, 0.6) is 0 Å². The summed E-state index contributed by atoms with van der Waals surface area (Å²) in [6.07, 6.45) is 5.80. The second-order valence-corrected chi connectivity index (χ2v) is 3.54. The predicted molar refractivity (Wildman–Crippen MR) is 69.1 cm³/mol. The molecule has 0 bridgehead atoms. The van der Waals surface area contributed by atoms with Gasteiger partial charge in [0, 0.05) is 6.08 Å². The number of aliphatic carboxylic acids is 1. The van der Waals surface area contributed by atoms with E-state index in [-0.39, 0.29) is 0 Å². The van der Waals surface area contributed by atoms with Crippen LogP contribution in [0.1, 0.15) is 11.3 Å². The Labute approximate surface area is 104 Å². The summed E-state index contributed by atoms with van der Waals surface area (Å²) in [6.45, 7) is 0. The minimum atomic E-state index is -0.973. The fraction of sp³-hybridized carbons (Fsp3) is 0. The van der Waals surface area contributed by atoms with Gasteiger partial charge in [0.1, 0.15) is 5.76 Å². The van der Waals surface area contributed by atoms with Crippen molar-refractivity contribution in [2.24, 2.45) is 4.99 Å². The van der Waals surface area contributed by atoms with E-state index in [0.717, 1.165) is 17.3 Å². The normalized spacial score (nSPS) is 11.3. The van der Waals surface area contributed by atoms with Crippen molar-refractivity contribution in [1.29, 1.82) is 0 Å². The molecule has 90 valence electrons. The van der Waals surface area contributed by atoms with E-state index >= 15 is 0 Å². The molecule has 18 heavy (non-hydrogen) atoms. The second-order valence-electron chi connectivity index (χ2n) is 3.54. The van der Waals surface area contributed by atoms with Crippen molar-refractivity contribution in [3.63, 3.8) is 0 Å². The summed E-state index contributed by atoms with van der Waals surface area (Å²) in [6, 6.07) is 10.8. The molecule has 1 N–H and O–H groups in total. The van der Waals surface area contributed by atoms with Crippen LogP contribution in [-0.4, -0.2) is 17.3 Å². The zero-order valence-corrected chi connectivity index (χ0v) is 9.48. The number of hydrogen-bond acceptors (Lipinski definition) is 3. The molecule has 1 aromatic heterocycles. The molecule has 4 heteroatoms. The van der Waals surface area contributed by atoms with Gasteiger partial charge < -0.3 is 9.52 Å². The quantitative estimate of drug-likeness (QED) is 0.660. The molecule has 0 fully saturated rings. The number of benzene rings is 1. The Morgan fingerprint density at radius 1 is 1.28 bits per heavy atom. The maximum absolute atomic E-state index is 10.4. The summed E-state index contributed by atoms with van der Waals surface area (Å²) < 4.78 is 5.12. The lowest BCUT2D eigenvalue weighted by Gasteiger charge is -1.95. The van der Waals surface area contributed by atoms with Gasteiger partial charge in [-0.2, -0.15) is 0 Å². The van der Waals surface area contributed by atoms with Crippen LogP contribution >= 0.6 is 0 Å². The summed E-state index contributed by atoms with van der Waals surface area (Å²) in [5.41, 5.74) is 1.52. The van der Waals surface area contributed by atoms with Gasteiger partial charge in [-0.15, -0.1) is 0 Å². The SMILES string of the molecule is O=C(O)/C=C/c1cccc(N=Cc2ccco2)c1. The number of nitrogens with zero attached hydrogens (tertiary/aromatic N) is 1. The molecule has 0 aliphatic heterocycles. The Balaban J connectivity index is 2.15. The summed E-state index contributed by atoms with van der Waals surface area (Å²) in [5.74, 6) is -0.305. The molecule has 0 unspecified atom stereocenters. The number of hydrogen-bond donors (Lipinski definition) is 1. The molecule has 1 aromatic carbocycles. The van der Waals surface area contributed by atoms with Crippen molar-refractivity contribution < 1.29 is 14.3 Å². The maximum atomic E-state index is 10.4. The van der Waals surface area contributed by atoms with E-state index in [1.165, 1.54) is 6.08 Å². The molecule has 0 aliphatic carbocycles.